The van der Waals surface area contributed by atoms with E-state index in [-0.39, 0.29) is 29.9 Å². The fourth-order valence-electron chi connectivity index (χ4n) is 2.18. The zero-order valence-corrected chi connectivity index (χ0v) is 16.3. The molecule has 0 saturated carbocycles. The van der Waals surface area contributed by atoms with Crippen molar-refractivity contribution in [1.82, 2.24) is 5.32 Å². The van der Waals surface area contributed by atoms with Crippen molar-refractivity contribution in [2.75, 3.05) is 32.2 Å². The molecule has 6 nitrogen and oxygen atoms in total. The minimum absolute atomic E-state index is 0.156. The molecule has 0 saturated heterocycles. The lowest BCUT2D eigenvalue weighted by Crippen LogP contribution is -2.27. The summed E-state index contributed by atoms with van der Waals surface area (Å²) in [6.45, 7) is 1.01. The van der Waals surface area contributed by atoms with Crippen molar-refractivity contribution < 1.29 is 19.1 Å². The Morgan fingerprint density at radius 1 is 1.07 bits per heavy atom. The molecule has 8 heteroatoms. The normalized spacial score (nSPS) is 10.3. The van der Waals surface area contributed by atoms with Gasteiger partial charge in [-0.25, -0.2) is 0 Å². The van der Waals surface area contributed by atoms with E-state index in [2.05, 4.69) is 10.6 Å². The molecule has 0 radical (unpaired) electrons. The Labute approximate surface area is 167 Å². The second-order valence-corrected chi connectivity index (χ2v) is 6.39. The number of anilines is 1. The van der Waals surface area contributed by atoms with Crippen LogP contribution in [0.2, 0.25) is 10.0 Å². The summed E-state index contributed by atoms with van der Waals surface area (Å²) < 4.78 is 10.4. The summed E-state index contributed by atoms with van der Waals surface area (Å²) in [5.41, 5.74) is 0.830. The fourth-order valence-corrected chi connectivity index (χ4v) is 2.63. The van der Waals surface area contributed by atoms with Gasteiger partial charge in [0.05, 0.1) is 30.2 Å². The van der Waals surface area contributed by atoms with Gasteiger partial charge < -0.3 is 20.1 Å². The zero-order valence-electron chi connectivity index (χ0n) is 14.8. The van der Waals surface area contributed by atoms with Crippen molar-refractivity contribution in [2.45, 2.75) is 6.42 Å². The molecule has 2 N–H and O–H groups in total. The van der Waals surface area contributed by atoms with Crippen LogP contribution >= 0.6 is 23.2 Å². The number of methoxy groups -OCH3 is 1. The van der Waals surface area contributed by atoms with E-state index in [0.717, 1.165) is 0 Å². The third-order valence-electron chi connectivity index (χ3n) is 3.48. The smallest absolute Gasteiger partial charge is 0.252 e. The SMILES string of the molecule is COCCNC(=O)c1ccc(NC(=O)CCOc2cccc(Cl)c2)cc1Cl. The van der Waals surface area contributed by atoms with Crippen molar-refractivity contribution in [3.63, 3.8) is 0 Å². The molecule has 2 aromatic rings. The molecule has 0 bridgehead atoms. The maximum Gasteiger partial charge on any atom is 0.252 e. The number of nitrogens with one attached hydrogen (secondary N) is 2. The molecule has 2 amide bonds. The van der Waals surface area contributed by atoms with Gasteiger partial charge in [0, 0.05) is 24.4 Å². The van der Waals surface area contributed by atoms with Crippen molar-refractivity contribution >= 4 is 40.7 Å². The van der Waals surface area contributed by atoms with Gasteiger partial charge in [0.15, 0.2) is 0 Å². The molecule has 144 valence electrons. The summed E-state index contributed by atoms with van der Waals surface area (Å²) >= 11 is 12.0. The lowest BCUT2D eigenvalue weighted by atomic mass is 10.2. The van der Waals surface area contributed by atoms with Crippen LogP contribution in [0.1, 0.15) is 16.8 Å². The molecule has 0 fully saturated rings. The highest BCUT2D eigenvalue weighted by molar-refractivity contribution is 6.34. The Kier molecular flexibility index (Phi) is 8.39. The number of halogens is 2. The molecule has 0 unspecified atom stereocenters. The molecular formula is C19H20Cl2N2O4. The van der Waals surface area contributed by atoms with Crippen LogP contribution in [0.15, 0.2) is 42.5 Å². The van der Waals surface area contributed by atoms with Crippen molar-refractivity contribution in [3.05, 3.63) is 58.1 Å². The average Bonchev–Trinajstić information content (AvgIpc) is 2.62. The minimum Gasteiger partial charge on any atom is -0.493 e. The van der Waals surface area contributed by atoms with E-state index < -0.39 is 0 Å². The highest BCUT2D eigenvalue weighted by Gasteiger charge is 2.11. The van der Waals surface area contributed by atoms with Crippen molar-refractivity contribution in [3.8, 4) is 5.75 Å². The van der Waals surface area contributed by atoms with Crippen LogP contribution in [-0.4, -0.2) is 38.7 Å². The molecule has 0 aliphatic carbocycles. The second-order valence-electron chi connectivity index (χ2n) is 5.55. The van der Waals surface area contributed by atoms with Crippen LogP contribution in [0.4, 0.5) is 5.69 Å². The molecule has 2 aromatic carbocycles. The van der Waals surface area contributed by atoms with E-state index in [9.17, 15) is 9.59 Å². The maximum atomic E-state index is 12.0. The molecule has 2 rings (SSSR count). The Balaban J connectivity index is 1.83. The molecule has 0 atom stereocenters. The largest absolute Gasteiger partial charge is 0.493 e. The van der Waals surface area contributed by atoms with Gasteiger partial charge in [-0.1, -0.05) is 29.3 Å². The summed E-state index contributed by atoms with van der Waals surface area (Å²) in [5, 5.41) is 6.22. The van der Waals surface area contributed by atoms with Crippen LogP contribution in [0.25, 0.3) is 0 Å². The number of hydrogen-bond donors (Lipinski definition) is 2. The minimum atomic E-state index is -0.301. The first-order valence-electron chi connectivity index (χ1n) is 8.24. The monoisotopic (exact) mass is 410 g/mol. The molecule has 27 heavy (non-hydrogen) atoms. The Morgan fingerprint density at radius 3 is 2.59 bits per heavy atom. The Hall–Kier alpha value is -2.28. The van der Waals surface area contributed by atoms with Crippen LogP contribution in [0.3, 0.4) is 0 Å². The van der Waals surface area contributed by atoms with Gasteiger partial charge in [-0.2, -0.15) is 0 Å². The van der Waals surface area contributed by atoms with Gasteiger partial charge in [-0.3, -0.25) is 9.59 Å². The molecule has 0 aliphatic heterocycles. The number of amides is 2. The van der Waals surface area contributed by atoms with E-state index in [0.29, 0.717) is 35.2 Å². The summed E-state index contributed by atoms with van der Waals surface area (Å²) in [4.78, 5) is 24.0. The number of carbonyl (C=O) groups is 2. The van der Waals surface area contributed by atoms with Crippen LogP contribution < -0.4 is 15.4 Å². The van der Waals surface area contributed by atoms with Crippen LogP contribution in [0.5, 0.6) is 5.75 Å². The first-order valence-corrected chi connectivity index (χ1v) is 9.00. The highest BCUT2D eigenvalue weighted by atomic mass is 35.5. The first kappa shape index (κ1) is 21.0. The maximum absolute atomic E-state index is 12.0. The lowest BCUT2D eigenvalue weighted by Gasteiger charge is -2.10. The Morgan fingerprint density at radius 2 is 1.89 bits per heavy atom. The summed E-state index contributed by atoms with van der Waals surface area (Å²) in [6, 6.07) is 11.7. The third-order valence-corrected chi connectivity index (χ3v) is 4.03. The van der Waals surface area contributed by atoms with Gasteiger partial charge >= 0.3 is 0 Å². The quantitative estimate of drug-likeness (QED) is 0.616. The number of hydrogen-bond acceptors (Lipinski definition) is 4. The highest BCUT2D eigenvalue weighted by Crippen LogP contribution is 2.21. The van der Waals surface area contributed by atoms with E-state index in [1.165, 1.54) is 6.07 Å². The van der Waals surface area contributed by atoms with Crippen molar-refractivity contribution in [1.29, 1.82) is 0 Å². The first-order chi connectivity index (χ1) is 13.0. The number of ether oxygens (including phenoxy) is 2. The number of benzene rings is 2. The fraction of sp³-hybridized carbons (Fsp3) is 0.263. The van der Waals surface area contributed by atoms with E-state index in [1.54, 1.807) is 43.5 Å². The molecule has 0 aliphatic rings. The number of rotatable bonds is 9. The predicted molar refractivity (Wildman–Crippen MR) is 106 cm³/mol. The van der Waals surface area contributed by atoms with E-state index in [4.69, 9.17) is 32.7 Å². The third kappa shape index (κ3) is 7.09. The molecule has 0 heterocycles. The molecule has 0 spiro atoms. The molecular weight excluding hydrogens is 391 g/mol. The van der Waals surface area contributed by atoms with Gasteiger partial charge in [0.1, 0.15) is 5.75 Å². The Bertz CT molecular complexity index is 799. The summed E-state index contributed by atoms with van der Waals surface area (Å²) in [7, 11) is 1.55. The van der Waals surface area contributed by atoms with E-state index >= 15 is 0 Å². The number of carbonyl (C=O) groups excluding carboxylic acids is 2. The van der Waals surface area contributed by atoms with Gasteiger partial charge in [0.2, 0.25) is 5.91 Å². The van der Waals surface area contributed by atoms with Gasteiger partial charge in [0.25, 0.3) is 5.91 Å². The molecule has 0 aromatic heterocycles. The predicted octanol–water partition coefficient (Wildman–Crippen LogP) is 3.78. The average molecular weight is 411 g/mol. The summed E-state index contributed by atoms with van der Waals surface area (Å²) in [5.74, 6) is 0.0671. The standard InChI is InChI=1S/C19H20Cl2N2O4/c1-26-10-8-22-19(25)16-6-5-14(12-17(16)21)23-18(24)7-9-27-15-4-2-3-13(20)11-15/h2-6,11-12H,7-10H2,1H3,(H,22,25)(H,23,24). The van der Waals surface area contributed by atoms with Crippen LogP contribution in [-0.2, 0) is 9.53 Å². The van der Waals surface area contributed by atoms with Gasteiger partial charge in [-0.05, 0) is 36.4 Å². The lowest BCUT2D eigenvalue weighted by molar-refractivity contribution is -0.116. The second kappa shape index (κ2) is 10.8. The van der Waals surface area contributed by atoms with Crippen LogP contribution in [0, 0.1) is 0 Å². The van der Waals surface area contributed by atoms with E-state index in [1.807, 2.05) is 0 Å². The summed E-state index contributed by atoms with van der Waals surface area (Å²) in [6.07, 6.45) is 0.156. The zero-order chi connectivity index (χ0) is 19.6. The van der Waals surface area contributed by atoms with Crippen molar-refractivity contribution in [2.24, 2.45) is 0 Å². The van der Waals surface area contributed by atoms with Gasteiger partial charge in [-0.15, -0.1) is 0 Å². The topological polar surface area (TPSA) is 76.7 Å².